The second kappa shape index (κ2) is 12.0. The van der Waals surface area contributed by atoms with Crippen molar-refractivity contribution in [2.75, 3.05) is 0 Å². The normalized spacial score (nSPS) is 13.9. The van der Waals surface area contributed by atoms with Crippen molar-refractivity contribution in [1.82, 2.24) is 0 Å². The third kappa shape index (κ3) is 8.74. The molecule has 2 aromatic heterocycles. The highest BCUT2D eigenvalue weighted by Crippen LogP contribution is 2.46. The van der Waals surface area contributed by atoms with Gasteiger partial charge in [0.25, 0.3) is 0 Å². The second-order valence-corrected chi connectivity index (χ2v) is 14.1. The molecule has 208 valence electrons. The number of fused-ring (bicyclic) bond motifs is 1. The van der Waals surface area contributed by atoms with Crippen LogP contribution in [-0.2, 0) is 16.0 Å². The van der Waals surface area contributed by atoms with Gasteiger partial charge < -0.3 is 13.9 Å². The summed E-state index contributed by atoms with van der Waals surface area (Å²) in [7, 11) is 0. The number of esters is 1. The maximum atomic E-state index is 13.1. The molecule has 0 saturated carbocycles. The first kappa shape index (κ1) is 30.5. The van der Waals surface area contributed by atoms with Gasteiger partial charge in [-0.15, -0.1) is 36.3 Å². The van der Waals surface area contributed by atoms with Gasteiger partial charge in [0.15, 0.2) is 5.75 Å². The summed E-state index contributed by atoms with van der Waals surface area (Å²) >= 11 is 7.55. The molecule has 1 atom stereocenters. The molecule has 0 bridgehead atoms. The number of carbonyl (C=O) groups is 1. The largest absolute Gasteiger partial charge is 0.573 e. The molecular weight excluding hydrogens is 553 g/mol. The van der Waals surface area contributed by atoms with Crippen molar-refractivity contribution in [3.05, 3.63) is 47.4 Å². The number of aryl methyl sites for hydroxylation is 1. The second-order valence-electron chi connectivity index (χ2n) is 10.1. The Hall–Kier alpha value is -2.04. The van der Waals surface area contributed by atoms with E-state index in [1.165, 1.54) is 29.2 Å². The molecule has 3 aromatic rings. The predicted molar refractivity (Wildman–Crippen MR) is 152 cm³/mol. The molecular formula is C28H33F3O4S3. The van der Waals surface area contributed by atoms with E-state index in [4.69, 9.17) is 21.8 Å². The molecule has 1 unspecified atom stereocenters. The average molecular weight is 587 g/mol. The number of alkyl halides is 3. The first-order valence-corrected chi connectivity index (χ1v) is 14.4. The summed E-state index contributed by atoms with van der Waals surface area (Å²) in [4.78, 5) is 14.0. The van der Waals surface area contributed by atoms with E-state index in [9.17, 15) is 18.0 Å². The monoisotopic (exact) mass is 586 g/mol. The number of hydrogen-bond acceptors (Lipinski definition) is 7. The molecule has 0 aliphatic carbocycles. The Bertz CT molecular complexity index is 1290. The topological polar surface area (TPSA) is 48.7 Å². The molecule has 2 heterocycles. The first-order valence-electron chi connectivity index (χ1n) is 12.3. The van der Waals surface area contributed by atoms with Crippen LogP contribution in [-0.4, -0.2) is 22.0 Å². The van der Waals surface area contributed by atoms with E-state index < -0.39 is 22.0 Å². The molecule has 10 heteroatoms. The zero-order valence-corrected chi connectivity index (χ0v) is 24.7. The molecule has 0 spiro atoms. The van der Waals surface area contributed by atoms with Gasteiger partial charge in [0.1, 0.15) is 21.8 Å². The van der Waals surface area contributed by atoms with Crippen LogP contribution < -0.4 is 4.74 Å². The minimum Gasteiger partial charge on any atom is -0.456 e. The molecule has 0 radical (unpaired) electrons. The number of halogens is 3. The zero-order valence-electron chi connectivity index (χ0n) is 22.2. The standard InChI is InChI=1S/C28H33F3O4S3/c1-7-8-9-10-19-14-23(34-28(29,30)31)24(37-19)22-13-18-11-12-20(15-21(18)33-22)38-27(6,36)16-26(4,5)35-25(32)17(2)3/h11-15,36H,2,7-10,16H2,1,3-6H3. The van der Waals surface area contributed by atoms with Crippen LogP contribution in [0, 0.1) is 0 Å². The van der Waals surface area contributed by atoms with Gasteiger partial charge >= 0.3 is 12.3 Å². The Balaban J connectivity index is 1.84. The van der Waals surface area contributed by atoms with Crippen molar-refractivity contribution in [1.29, 1.82) is 0 Å². The number of carbonyl (C=O) groups excluding carboxylic acids is 1. The highest BCUT2D eigenvalue weighted by molar-refractivity contribution is 8.11. The minimum atomic E-state index is -4.80. The molecule has 0 aliphatic heterocycles. The van der Waals surface area contributed by atoms with Gasteiger partial charge in [0.2, 0.25) is 0 Å². The summed E-state index contributed by atoms with van der Waals surface area (Å²) < 4.78 is 54.6. The fourth-order valence-corrected chi connectivity index (χ4v) is 7.11. The Morgan fingerprint density at radius 1 is 1.16 bits per heavy atom. The zero-order chi connectivity index (χ0) is 28.3. The Morgan fingerprint density at radius 2 is 1.87 bits per heavy atom. The Morgan fingerprint density at radius 3 is 2.50 bits per heavy atom. The number of furan rings is 1. The molecule has 0 aliphatic rings. The number of thiol groups is 1. The fraction of sp³-hybridized carbons (Fsp3) is 0.464. The van der Waals surface area contributed by atoms with Crippen LogP contribution in [0.3, 0.4) is 0 Å². The number of rotatable bonds is 12. The van der Waals surface area contributed by atoms with E-state index in [0.29, 0.717) is 34.6 Å². The van der Waals surface area contributed by atoms with Gasteiger partial charge in [-0.2, -0.15) is 12.6 Å². The summed E-state index contributed by atoms with van der Waals surface area (Å²) in [6.07, 6.45) is -0.735. The number of unbranched alkanes of at least 4 members (excludes halogenated alkanes) is 2. The van der Waals surface area contributed by atoms with Crippen LogP contribution in [0.4, 0.5) is 13.2 Å². The number of thioether (sulfide) groups is 1. The summed E-state index contributed by atoms with van der Waals surface area (Å²) in [5, 5.41) is 0.764. The van der Waals surface area contributed by atoms with E-state index in [2.05, 4.69) is 18.2 Å². The molecule has 38 heavy (non-hydrogen) atoms. The lowest BCUT2D eigenvalue weighted by molar-refractivity contribution is -0.274. The predicted octanol–water partition coefficient (Wildman–Crippen LogP) is 9.82. The van der Waals surface area contributed by atoms with Crippen LogP contribution >= 0.6 is 35.7 Å². The molecule has 0 fully saturated rings. The lowest BCUT2D eigenvalue weighted by atomic mass is 10.0. The molecule has 0 amide bonds. The Labute approximate surface area is 235 Å². The Kier molecular flexibility index (Phi) is 9.63. The molecule has 0 N–H and O–H groups in total. The third-order valence-electron chi connectivity index (χ3n) is 5.53. The van der Waals surface area contributed by atoms with Crippen LogP contribution in [0.2, 0.25) is 0 Å². The number of ether oxygens (including phenoxy) is 2. The van der Waals surface area contributed by atoms with E-state index in [1.807, 2.05) is 39.0 Å². The molecule has 0 saturated heterocycles. The van der Waals surface area contributed by atoms with E-state index >= 15 is 0 Å². The quantitative estimate of drug-likeness (QED) is 0.0572. The maximum Gasteiger partial charge on any atom is 0.573 e. The van der Waals surface area contributed by atoms with E-state index in [1.54, 1.807) is 13.0 Å². The van der Waals surface area contributed by atoms with Crippen molar-refractivity contribution in [3.63, 3.8) is 0 Å². The minimum absolute atomic E-state index is 0.239. The fourth-order valence-electron chi connectivity index (χ4n) is 4.11. The summed E-state index contributed by atoms with van der Waals surface area (Å²) in [5.41, 5.74) is 0.0963. The van der Waals surface area contributed by atoms with E-state index in [-0.39, 0.29) is 5.75 Å². The highest BCUT2D eigenvalue weighted by Gasteiger charge is 2.35. The SMILES string of the molecule is C=C(C)C(=O)OC(C)(C)CC(C)(S)Sc1ccc2cc(-c3sc(CCCCC)cc3OC(F)(F)F)oc2c1. The molecule has 3 rings (SSSR count). The number of hydrogen-bond donors (Lipinski definition) is 1. The molecule has 4 nitrogen and oxygen atoms in total. The van der Waals surface area contributed by atoms with Crippen molar-refractivity contribution < 1.29 is 31.9 Å². The van der Waals surface area contributed by atoms with Gasteiger partial charge in [0, 0.05) is 27.2 Å². The van der Waals surface area contributed by atoms with Crippen molar-refractivity contribution in [2.24, 2.45) is 0 Å². The van der Waals surface area contributed by atoms with Crippen molar-refractivity contribution >= 4 is 52.7 Å². The van der Waals surface area contributed by atoms with Crippen molar-refractivity contribution in [3.8, 4) is 16.4 Å². The maximum absolute atomic E-state index is 13.1. The first-order chi connectivity index (χ1) is 17.6. The highest BCUT2D eigenvalue weighted by atomic mass is 32.2. The van der Waals surface area contributed by atoms with Gasteiger partial charge in [-0.3, -0.25) is 0 Å². The summed E-state index contributed by atoms with van der Waals surface area (Å²) in [5.74, 6) is -0.364. The van der Waals surface area contributed by atoms with Crippen LogP contribution in [0.25, 0.3) is 21.6 Å². The third-order valence-corrected chi connectivity index (χ3v) is 8.22. The lowest BCUT2D eigenvalue weighted by Crippen LogP contribution is -2.34. The van der Waals surface area contributed by atoms with Gasteiger partial charge in [0.05, 0.1) is 4.08 Å². The average Bonchev–Trinajstić information content (AvgIpc) is 3.34. The van der Waals surface area contributed by atoms with E-state index in [0.717, 1.165) is 34.4 Å². The van der Waals surface area contributed by atoms with Crippen LogP contribution in [0.1, 0.15) is 65.2 Å². The lowest BCUT2D eigenvalue weighted by Gasteiger charge is -2.33. The molecule has 1 aromatic carbocycles. The summed E-state index contributed by atoms with van der Waals surface area (Å²) in [6, 6.07) is 8.80. The van der Waals surface area contributed by atoms with Gasteiger partial charge in [-0.05, 0) is 70.9 Å². The number of thiophene rings is 1. The number of benzene rings is 1. The van der Waals surface area contributed by atoms with Crippen LogP contribution in [0.15, 0.2) is 51.8 Å². The summed E-state index contributed by atoms with van der Waals surface area (Å²) in [6.45, 7) is 12.9. The smallest absolute Gasteiger partial charge is 0.456 e. The van der Waals surface area contributed by atoms with Gasteiger partial charge in [-0.1, -0.05) is 26.3 Å². The van der Waals surface area contributed by atoms with Crippen molar-refractivity contribution in [2.45, 2.75) is 87.7 Å². The van der Waals surface area contributed by atoms with Gasteiger partial charge in [-0.25, -0.2) is 4.79 Å². The van der Waals surface area contributed by atoms with Crippen LogP contribution in [0.5, 0.6) is 5.75 Å².